The average Bonchev–Trinajstić information content (AvgIpc) is 2.97. The molecule has 2 rings (SSSR count). The van der Waals surface area contributed by atoms with Crippen molar-refractivity contribution in [1.82, 2.24) is 9.88 Å². The molecule has 1 atom stereocenters. The second-order valence-electron chi connectivity index (χ2n) is 5.21. The molecule has 1 aromatic rings. The van der Waals surface area contributed by atoms with Gasteiger partial charge in [-0.15, -0.1) is 11.3 Å². The molecule has 0 aliphatic carbocycles. The van der Waals surface area contributed by atoms with Crippen molar-refractivity contribution in [2.24, 2.45) is 5.92 Å². The van der Waals surface area contributed by atoms with Crippen LogP contribution in [0.2, 0.25) is 0 Å². The van der Waals surface area contributed by atoms with Gasteiger partial charge in [0.05, 0.1) is 12.1 Å². The molecular formula is C13H21N3O2S. The summed E-state index contributed by atoms with van der Waals surface area (Å²) in [7, 11) is 0. The molecule has 1 fully saturated rings. The Labute approximate surface area is 117 Å². The lowest BCUT2D eigenvalue weighted by Crippen LogP contribution is -2.28. The highest BCUT2D eigenvalue weighted by molar-refractivity contribution is 7.13. The second kappa shape index (κ2) is 6.86. The van der Waals surface area contributed by atoms with E-state index < -0.39 is 5.97 Å². The number of nitrogens with one attached hydrogen (secondary N) is 1. The standard InChI is InChI=1S/C13H21N3O2S/c1-10(8-16-4-2-3-5-16)7-14-13-15-11(9-19-13)6-12(17)18/h9-10H,2-8H2,1H3,(H,14,15)(H,17,18). The normalized spacial score (nSPS) is 17.5. The molecule has 19 heavy (non-hydrogen) atoms. The lowest BCUT2D eigenvalue weighted by atomic mass is 10.2. The lowest BCUT2D eigenvalue weighted by molar-refractivity contribution is -0.136. The predicted octanol–water partition coefficient (Wildman–Crippen LogP) is 1.91. The number of carboxylic acids is 1. The number of nitrogens with zero attached hydrogens (tertiary/aromatic N) is 2. The summed E-state index contributed by atoms with van der Waals surface area (Å²) in [5.74, 6) is -0.260. The van der Waals surface area contributed by atoms with E-state index in [1.807, 2.05) is 5.38 Å². The molecule has 5 nitrogen and oxygen atoms in total. The van der Waals surface area contributed by atoms with E-state index in [-0.39, 0.29) is 6.42 Å². The summed E-state index contributed by atoms with van der Waals surface area (Å²) >= 11 is 1.48. The minimum Gasteiger partial charge on any atom is -0.481 e. The van der Waals surface area contributed by atoms with Gasteiger partial charge in [-0.2, -0.15) is 0 Å². The quantitative estimate of drug-likeness (QED) is 0.800. The van der Waals surface area contributed by atoms with E-state index in [1.165, 1.54) is 37.3 Å². The van der Waals surface area contributed by atoms with Crippen molar-refractivity contribution in [3.63, 3.8) is 0 Å². The molecule has 0 saturated carbocycles. The molecule has 1 aliphatic heterocycles. The molecule has 1 saturated heterocycles. The molecule has 0 spiro atoms. The van der Waals surface area contributed by atoms with Crippen LogP contribution in [0.25, 0.3) is 0 Å². The third-order valence-corrected chi connectivity index (χ3v) is 4.10. The second-order valence-corrected chi connectivity index (χ2v) is 6.07. The van der Waals surface area contributed by atoms with Crippen LogP contribution in [0.15, 0.2) is 5.38 Å². The highest BCUT2D eigenvalue weighted by Gasteiger charge is 2.14. The number of carboxylic acid groups (broad SMARTS) is 1. The summed E-state index contributed by atoms with van der Waals surface area (Å²) < 4.78 is 0. The zero-order chi connectivity index (χ0) is 13.7. The molecule has 0 bridgehead atoms. The summed E-state index contributed by atoms with van der Waals surface area (Å²) in [5, 5.41) is 14.6. The van der Waals surface area contributed by atoms with Gasteiger partial charge in [-0.1, -0.05) is 6.92 Å². The number of hydrogen-bond donors (Lipinski definition) is 2. The Bertz CT molecular complexity index is 416. The van der Waals surface area contributed by atoms with Gasteiger partial charge in [0.1, 0.15) is 0 Å². The van der Waals surface area contributed by atoms with E-state index in [1.54, 1.807) is 0 Å². The molecule has 1 aliphatic rings. The minimum atomic E-state index is -0.834. The van der Waals surface area contributed by atoms with Crippen LogP contribution in [-0.2, 0) is 11.2 Å². The first-order chi connectivity index (χ1) is 9.13. The van der Waals surface area contributed by atoms with Crippen molar-refractivity contribution >= 4 is 22.4 Å². The number of aromatic nitrogens is 1. The summed E-state index contributed by atoms with van der Waals surface area (Å²) in [4.78, 5) is 17.3. The fraction of sp³-hybridized carbons (Fsp3) is 0.692. The van der Waals surface area contributed by atoms with Gasteiger partial charge >= 0.3 is 5.97 Å². The Morgan fingerprint density at radius 1 is 1.58 bits per heavy atom. The number of aliphatic carboxylic acids is 1. The Hall–Kier alpha value is -1.14. The van der Waals surface area contributed by atoms with E-state index in [0.717, 1.165) is 18.2 Å². The SMILES string of the molecule is CC(CNc1nc(CC(=O)O)cs1)CN1CCCC1. The molecule has 1 unspecified atom stereocenters. The number of hydrogen-bond acceptors (Lipinski definition) is 5. The first-order valence-corrected chi connectivity index (χ1v) is 7.64. The first-order valence-electron chi connectivity index (χ1n) is 6.76. The fourth-order valence-electron chi connectivity index (χ4n) is 2.36. The highest BCUT2D eigenvalue weighted by Crippen LogP contribution is 2.17. The number of carbonyl (C=O) groups is 1. The third kappa shape index (κ3) is 4.80. The summed E-state index contributed by atoms with van der Waals surface area (Å²) in [5.41, 5.74) is 0.632. The number of rotatable bonds is 7. The Morgan fingerprint density at radius 2 is 2.32 bits per heavy atom. The molecule has 1 aromatic heterocycles. The largest absolute Gasteiger partial charge is 0.481 e. The predicted molar refractivity (Wildman–Crippen MR) is 76.8 cm³/mol. The van der Waals surface area contributed by atoms with Crippen molar-refractivity contribution in [2.45, 2.75) is 26.2 Å². The smallest absolute Gasteiger partial charge is 0.309 e. The maximum absolute atomic E-state index is 10.6. The van der Waals surface area contributed by atoms with Crippen LogP contribution in [-0.4, -0.2) is 47.1 Å². The molecule has 0 radical (unpaired) electrons. The molecule has 106 valence electrons. The van der Waals surface area contributed by atoms with Crippen molar-refractivity contribution < 1.29 is 9.90 Å². The van der Waals surface area contributed by atoms with Gasteiger partial charge in [0.2, 0.25) is 0 Å². The van der Waals surface area contributed by atoms with E-state index >= 15 is 0 Å². The fourth-order valence-corrected chi connectivity index (χ4v) is 3.08. The molecule has 0 aromatic carbocycles. The van der Waals surface area contributed by atoms with E-state index in [0.29, 0.717) is 11.6 Å². The van der Waals surface area contributed by atoms with Crippen LogP contribution in [0.5, 0.6) is 0 Å². The third-order valence-electron chi connectivity index (χ3n) is 3.25. The van der Waals surface area contributed by atoms with E-state index in [2.05, 4.69) is 22.1 Å². The summed E-state index contributed by atoms with van der Waals surface area (Å²) in [6, 6.07) is 0. The maximum atomic E-state index is 10.6. The first kappa shape index (κ1) is 14.3. The van der Waals surface area contributed by atoms with Crippen molar-refractivity contribution in [3.8, 4) is 0 Å². The van der Waals surface area contributed by atoms with Gasteiger partial charge < -0.3 is 15.3 Å². The van der Waals surface area contributed by atoms with E-state index in [9.17, 15) is 4.79 Å². The van der Waals surface area contributed by atoms with Gasteiger partial charge in [0.25, 0.3) is 0 Å². The Kier molecular flexibility index (Phi) is 5.15. The van der Waals surface area contributed by atoms with Crippen LogP contribution < -0.4 is 5.32 Å². The van der Waals surface area contributed by atoms with Gasteiger partial charge in [-0.25, -0.2) is 4.98 Å². The average molecular weight is 283 g/mol. The van der Waals surface area contributed by atoms with Gasteiger partial charge in [0.15, 0.2) is 5.13 Å². The topological polar surface area (TPSA) is 65.5 Å². The number of thiazole rings is 1. The van der Waals surface area contributed by atoms with Gasteiger partial charge in [-0.3, -0.25) is 4.79 Å². The van der Waals surface area contributed by atoms with E-state index in [4.69, 9.17) is 5.11 Å². The molecule has 2 N–H and O–H groups in total. The zero-order valence-electron chi connectivity index (χ0n) is 11.3. The van der Waals surface area contributed by atoms with Crippen molar-refractivity contribution in [3.05, 3.63) is 11.1 Å². The molecule has 6 heteroatoms. The van der Waals surface area contributed by atoms with Crippen LogP contribution in [0, 0.1) is 5.92 Å². The van der Waals surface area contributed by atoms with Crippen molar-refractivity contribution in [1.29, 1.82) is 0 Å². The van der Waals surface area contributed by atoms with Gasteiger partial charge in [0, 0.05) is 18.5 Å². The monoisotopic (exact) mass is 283 g/mol. The zero-order valence-corrected chi connectivity index (χ0v) is 12.1. The van der Waals surface area contributed by atoms with Gasteiger partial charge in [-0.05, 0) is 31.8 Å². The lowest BCUT2D eigenvalue weighted by Gasteiger charge is -2.20. The summed E-state index contributed by atoms with van der Waals surface area (Å²) in [6.45, 7) is 6.70. The van der Waals surface area contributed by atoms with Crippen LogP contribution in [0.3, 0.4) is 0 Å². The Morgan fingerprint density at radius 3 is 3.00 bits per heavy atom. The van der Waals surface area contributed by atoms with Crippen LogP contribution >= 0.6 is 11.3 Å². The molecule has 0 amide bonds. The minimum absolute atomic E-state index is 0.00150. The molecular weight excluding hydrogens is 262 g/mol. The summed E-state index contributed by atoms with van der Waals surface area (Å²) in [6.07, 6.45) is 2.65. The van der Waals surface area contributed by atoms with Crippen LogP contribution in [0.1, 0.15) is 25.5 Å². The maximum Gasteiger partial charge on any atom is 0.309 e. The molecule has 2 heterocycles. The number of anilines is 1. The Balaban J connectivity index is 1.71. The number of likely N-dealkylation sites (tertiary alicyclic amines) is 1. The highest BCUT2D eigenvalue weighted by atomic mass is 32.1. The van der Waals surface area contributed by atoms with Crippen molar-refractivity contribution in [2.75, 3.05) is 31.5 Å². The van der Waals surface area contributed by atoms with Crippen LogP contribution in [0.4, 0.5) is 5.13 Å².